The summed E-state index contributed by atoms with van der Waals surface area (Å²) in [7, 11) is 0. The molecule has 1 heterocycles. The van der Waals surface area contributed by atoms with Crippen molar-refractivity contribution in [2.75, 3.05) is 0 Å². The second-order valence-electron chi connectivity index (χ2n) is 3.19. The monoisotopic (exact) mass is 206 g/mol. The van der Waals surface area contributed by atoms with Crippen molar-refractivity contribution in [2.45, 2.75) is 19.0 Å². The molecule has 1 aromatic carbocycles. The van der Waals surface area contributed by atoms with Crippen molar-refractivity contribution in [3.8, 4) is 5.75 Å². The molecule has 0 radical (unpaired) electrons. The average Bonchev–Trinajstić information content (AvgIpc) is 2.22. The molecule has 0 atom stereocenters. The predicted molar refractivity (Wildman–Crippen MR) is 40.6 cm³/mol. The van der Waals surface area contributed by atoms with Crippen LogP contribution < -0.4 is 4.74 Å². The number of aryl methyl sites for hydroxylation is 1. The molecule has 0 aromatic heterocycles. The van der Waals surface area contributed by atoms with E-state index in [1.54, 1.807) is 6.92 Å². The van der Waals surface area contributed by atoms with Gasteiger partial charge in [0.1, 0.15) is 5.75 Å². The zero-order valence-corrected chi connectivity index (χ0v) is 7.15. The molecule has 0 amide bonds. The van der Waals surface area contributed by atoms with Crippen molar-refractivity contribution in [3.63, 3.8) is 0 Å². The second kappa shape index (κ2) is 2.40. The Balaban J connectivity index is 2.62. The van der Waals surface area contributed by atoms with E-state index < -0.39 is 23.3 Å². The summed E-state index contributed by atoms with van der Waals surface area (Å²) in [5, 5.41) is 0. The number of hydrogen-bond donors (Lipinski definition) is 0. The van der Waals surface area contributed by atoms with Gasteiger partial charge in [0.25, 0.3) is 0 Å². The van der Waals surface area contributed by atoms with E-state index in [9.17, 15) is 17.6 Å². The fraction of sp³-hybridized carbons (Fsp3) is 0.333. The molecule has 0 fully saturated rings. The highest BCUT2D eigenvalue weighted by Gasteiger charge is 2.66. The summed E-state index contributed by atoms with van der Waals surface area (Å²) in [5.74, 6) is -4.69. The van der Waals surface area contributed by atoms with E-state index in [-0.39, 0.29) is 0 Å². The highest BCUT2D eigenvalue weighted by molar-refractivity contribution is 5.44. The zero-order valence-electron chi connectivity index (χ0n) is 7.15. The molecule has 14 heavy (non-hydrogen) atoms. The van der Waals surface area contributed by atoms with Crippen LogP contribution in [0.1, 0.15) is 11.1 Å². The SMILES string of the molecule is Cc1ccc2c(c1)C(F)(F)C(F)(F)O2. The minimum atomic E-state index is -4.44. The molecule has 0 aliphatic carbocycles. The van der Waals surface area contributed by atoms with Crippen molar-refractivity contribution in [1.29, 1.82) is 0 Å². The quantitative estimate of drug-likeness (QED) is 0.592. The summed E-state index contributed by atoms with van der Waals surface area (Å²) in [4.78, 5) is 0. The molecule has 0 unspecified atom stereocenters. The van der Waals surface area contributed by atoms with Crippen LogP contribution in [0.25, 0.3) is 0 Å². The van der Waals surface area contributed by atoms with Crippen molar-refractivity contribution < 1.29 is 22.3 Å². The zero-order chi connectivity index (χ0) is 10.6. The van der Waals surface area contributed by atoms with Gasteiger partial charge in [-0.2, -0.15) is 17.6 Å². The number of halogens is 4. The highest BCUT2D eigenvalue weighted by Crippen LogP contribution is 2.53. The lowest BCUT2D eigenvalue weighted by Gasteiger charge is -2.16. The van der Waals surface area contributed by atoms with Gasteiger partial charge in [-0.15, -0.1) is 0 Å². The average molecular weight is 206 g/mol. The topological polar surface area (TPSA) is 9.23 Å². The number of benzene rings is 1. The van der Waals surface area contributed by atoms with Crippen LogP contribution in [0.15, 0.2) is 18.2 Å². The van der Waals surface area contributed by atoms with Crippen LogP contribution in [-0.4, -0.2) is 6.11 Å². The molecule has 0 spiro atoms. The molecule has 0 saturated carbocycles. The molecule has 5 heteroatoms. The Morgan fingerprint density at radius 1 is 1.14 bits per heavy atom. The largest absolute Gasteiger partial charge is 0.469 e. The van der Waals surface area contributed by atoms with E-state index in [2.05, 4.69) is 4.74 Å². The third-order valence-electron chi connectivity index (χ3n) is 2.08. The van der Waals surface area contributed by atoms with E-state index in [0.717, 1.165) is 12.1 Å². The Bertz CT molecular complexity index is 386. The van der Waals surface area contributed by atoms with Crippen LogP contribution in [0.5, 0.6) is 5.75 Å². The van der Waals surface area contributed by atoms with Crippen molar-refractivity contribution >= 4 is 0 Å². The summed E-state index contributed by atoms with van der Waals surface area (Å²) in [6.07, 6.45) is -4.44. The number of hydrogen-bond acceptors (Lipinski definition) is 1. The number of ether oxygens (including phenoxy) is 1. The molecular formula is C9H6F4O. The third kappa shape index (κ3) is 1.01. The third-order valence-corrected chi connectivity index (χ3v) is 2.08. The molecule has 0 N–H and O–H groups in total. The minimum Gasteiger partial charge on any atom is -0.427 e. The van der Waals surface area contributed by atoms with Gasteiger partial charge in [0.2, 0.25) is 0 Å². The van der Waals surface area contributed by atoms with Crippen molar-refractivity contribution in [2.24, 2.45) is 0 Å². The first-order valence-corrected chi connectivity index (χ1v) is 3.90. The maximum absolute atomic E-state index is 13.0. The standard InChI is InChI=1S/C9H6F4O/c1-5-2-3-7-6(4-5)8(10,11)9(12,13)14-7/h2-4H,1H3. The maximum atomic E-state index is 13.0. The van der Waals surface area contributed by atoms with E-state index in [1.807, 2.05) is 0 Å². The van der Waals surface area contributed by atoms with Crippen LogP contribution in [0.3, 0.4) is 0 Å². The summed E-state index contributed by atoms with van der Waals surface area (Å²) in [5.41, 5.74) is -0.257. The predicted octanol–water partition coefficient (Wildman–Crippen LogP) is 3.07. The number of fused-ring (bicyclic) bond motifs is 1. The summed E-state index contributed by atoms with van der Waals surface area (Å²) < 4.78 is 55.3. The van der Waals surface area contributed by atoms with Gasteiger partial charge < -0.3 is 4.74 Å². The number of rotatable bonds is 0. The molecule has 0 saturated heterocycles. The van der Waals surface area contributed by atoms with Gasteiger partial charge in [0.05, 0.1) is 5.56 Å². The van der Waals surface area contributed by atoms with E-state index in [1.165, 1.54) is 6.07 Å². The molecular weight excluding hydrogens is 200 g/mol. The first-order valence-electron chi connectivity index (χ1n) is 3.90. The summed E-state index contributed by atoms with van der Waals surface area (Å²) in [6.45, 7) is 1.55. The molecule has 1 nitrogen and oxygen atoms in total. The van der Waals surface area contributed by atoms with Gasteiger partial charge in [0, 0.05) is 0 Å². The summed E-state index contributed by atoms with van der Waals surface area (Å²) in [6, 6.07) is 3.58. The summed E-state index contributed by atoms with van der Waals surface area (Å²) >= 11 is 0. The van der Waals surface area contributed by atoms with Gasteiger partial charge >= 0.3 is 12.0 Å². The van der Waals surface area contributed by atoms with E-state index in [0.29, 0.717) is 5.56 Å². The molecule has 1 aliphatic rings. The van der Waals surface area contributed by atoms with E-state index >= 15 is 0 Å². The maximum Gasteiger partial charge on any atom is 0.469 e. The van der Waals surface area contributed by atoms with Gasteiger partial charge in [-0.1, -0.05) is 11.6 Å². The molecule has 1 aliphatic heterocycles. The van der Waals surface area contributed by atoms with Gasteiger partial charge in [-0.05, 0) is 19.1 Å². The normalized spacial score (nSPS) is 21.5. The molecule has 0 bridgehead atoms. The Hall–Kier alpha value is -1.26. The van der Waals surface area contributed by atoms with Gasteiger partial charge in [-0.3, -0.25) is 0 Å². The molecule has 2 rings (SSSR count). The van der Waals surface area contributed by atoms with Crippen LogP contribution >= 0.6 is 0 Å². The Morgan fingerprint density at radius 3 is 2.43 bits per heavy atom. The van der Waals surface area contributed by atoms with Crippen LogP contribution in [0.4, 0.5) is 17.6 Å². The van der Waals surface area contributed by atoms with Crippen LogP contribution in [0, 0.1) is 6.92 Å². The highest BCUT2D eigenvalue weighted by atomic mass is 19.3. The smallest absolute Gasteiger partial charge is 0.427 e. The Kier molecular flexibility index (Phi) is 1.60. The fourth-order valence-corrected chi connectivity index (χ4v) is 1.34. The second-order valence-corrected chi connectivity index (χ2v) is 3.19. The number of alkyl halides is 4. The van der Waals surface area contributed by atoms with Crippen molar-refractivity contribution in [3.05, 3.63) is 29.3 Å². The lowest BCUT2D eigenvalue weighted by Crippen LogP contribution is -2.36. The molecule has 76 valence electrons. The van der Waals surface area contributed by atoms with Crippen LogP contribution in [-0.2, 0) is 5.92 Å². The first-order chi connectivity index (χ1) is 6.34. The van der Waals surface area contributed by atoms with Gasteiger partial charge in [-0.25, -0.2) is 0 Å². The lowest BCUT2D eigenvalue weighted by molar-refractivity contribution is -0.296. The van der Waals surface area contributed by atoms with Gasteiger partial charge in [0.15, 0.2) is 0 Å². The van der Waals surface area contributed by atoms with Crippen LogP contribution in [0.2, 0.25) is 0 Å². The first kappa shape index (κ1) is 9.30. The van der Waals surface area contributed by atoms with Crippen molar-refractivity contribution in [1.82, 2.24) is 0 Å². The minimum absolute atomic E-state index is 0.453. The Labute approximate surface area is 77.3 Å². The Morgan fingerprint density at radius 2 is 1.79 bits per heavy atom. The van der Waals surface area contributed by atoms with E-state index in [4.69, 9.17) is 0 Å². The molecule has 1 aromatic rings. The fourth-order valence-electron chi connectivity index (χ4n) is 1.34. The lowest BCUT2D eigenvalue weighted by atomic mass is 10.1.